The lowest BCUT2D eigenvalue weighted by atomic mass is 9.96. The van der Waals surface area contributed by atoms with Crippen molar-refractivity contribution in [2.75, 3.05) is 6.54 Å². The van der Waals surface area contributed by atoms with Gasteiger partial charge in [0.05, 0.1) is 0 Å². The molecule has 0 amide bonds. The molecule has 15 heavy (non-hydrogen) atoms. The van der Waals surface area contributed by atoms with Crippen molar-refractivity contribution in [1.82, 2.24) is 4.90 Å². The van der Waals surface area contributed by atoms with Crippen molar-refractivity contribution in [2.24, 2.45) is 5.73 Å². The second kappa shape index (κ2) is 5.10. The zero-order chi connectivity index (χ0) is 10.7. The van der Waals surface area contributed by atoms with E-state index >= 15 is 0 Å². The molecule has 2 heterocycles. The van der Waals surface area contributed by atoms with Gasteiger partial charge in [-0.3, -0.25) is 4.90 Å². The number of hydrogen-bond acceptors (Lipinski definition) is 3. The number of nitrogens with zero attached hydrogens (tertiary/aromatic N) is 1. The predicted molar refractivity (Wildman–Crippen MR) is 66.0 cm³/mol. The molecular weight excluding hydrogens is 204 g/mol. The molecule has 2 atom stereocenters. The Morgan fingerprint density at radius 2 is 2.47 bits per heavy atom. The van der Waals surface area contributed by atoms with Gasteiger partial charge in [0.2, 0.25) is 0 Å². The van der Waals surface area contributed by atoms with Crippen LogP contribution in [0.15, 0.2) is 16.8 Å². The standard InChI is InChI=1S/C12H20N2S/c1-10(13)12-4-2-3-6-14(12)8-11-5-7-15-9-11/h5,7,9-10,12H,2-4,6,8,13H2,1H3. The molecule has 1 aliphatic heterocycles. The molecular formula is C12H20N2S. The van der Waals surface area contributed by atoms with Crippen LogP contribution >= 0.6 is 11.3 Å². The Kier molecular flexibility index (Phi) is 3.78. The first kappa shape index (κ1) is 11.1. The van der Waals surface area contributed by atoms with E-state index in [4.69, 9.17) is 5.73 Å². The fourth-order valence-corrected chi connectivity index (χ4v) is 3.09. The highest BCUT2D eigenvalue weighted by atomic mass is 32.1. The highest BCUT2D eigenvalue weighted by molar-refractivity contribution is 7.07. The molecule has 2 unspecified atom stereocenters. The molecule has 1 aromatic heterocycles. The summed E-state index contributed by atoms with van der Waals surface area (Å²) in [6.45, 7) is 4.42. The van der Waals surface area contributed by atoms with Gasteiger partial charge in [-0.1, -0.05) is 6.42 Å². The molecule has 0 spiro atoms. The van der Waals surface area contributed by atoms with Crippen LogP contribution in [0.1, 0.15) is 31.7 Å². The van der Waals surface area contributed by atoms with Crippen LogP contribution in [0.25, 0.3) is 0 Å². The quantitative estimate of drug-likeness (QED) is 0.854. The number of likely N-dealkylation sites (tertiary alicyclic amines) is 1. The molecule has 0 aliphatic carbocycles. The third-order valence-electron chi connectivity index (χ3n) is 3.24. The lowest BCUT2D eigenvalue weighted by Gasteiger charge is -2.37. The minimum Gasteiger partial charge on any atom is -0.327 e. The van der Waals surface area contributed by atoms with Crippen molar-refractivity contribution in [3.63, 3.8) is 0 Å². The van der Waals surface area contributed by atoms with E-state index < -0.39 is 0 Å². The van der Waals surface area contributed by atoms with E-state index in [1.807, 2.05) is 0 Å². The minimum absolute atomic E-state index is 0.295. The summed E-state index contributed by atoms with van der Waals surface area (Å²) in [7, 11) is 0. The van der Waals surface area contributed by atoms with Gasteiger partial charge in [-0.15, -0.1) is 0 Å². The zero-order valence-corrected chi connectivity index (χ0v) is 10.2. The summed E-state index contributed by atoms with van der Waals surface area (Å²) in [5.41, 5.74) is 7.48. The maximum absolute atomic E-state index is 6.05. The molecule has 84 valence electrons. The molecule has 0 bridgehead atoms. The van der Waals surface area contributed by atoms with E-state index in [2.05, 4.69) is 28.7 Å². The van der Waals surface area contributed by atoms with Crippen molar-refractivity contribution in [1.29, 1.82) is 0 Å². The SMILES string of the molecule is CC(N)C1CCCCN1Cc1ccsc1. The third kappa shape index (κ3) is 2.80. The molecule has 1 saturated heterocycles. The molecule has 1 aliphatic rings. The topological polar surface area (TPSA) is 29.3 Å². The Morgan fingerprint density at radius 1 is 1.60 bits per heavy atom. The first-order valence-electron chi connectivity index (χ1n) is 5.78. The Bertz CT molecular complexity index is 282. The summed E-state index contributed by atoms with van der Waals surface area (Å²) in [6, 6.07) is 3.10. The second-order valence-electron chi connectivity index (χ2n) is 4.52. The maximum atomic E-state index is 6.05. The molecule has 0 aromatic carbocycles. The van der Waals surface area contributed by atoms with Crippen molar-refractivity contribution in [2.45, 2.75) is 44.8 Å². The van der Waals surface area contributed by atoms with Crippen molar-refractivity contribution in [3.05, 3.63) is 22.4 Å². The normalized spacial score (nSPS) is 25.3. The van der Waals surface area contributed by atoms with Crippen LogP contribution in [0.3, 0.4) is 0 Å². The average Bonchev–Trinajstić information content (AvgIpc) is 2.71. The molecule has 2 rings (SSSR count). The number of rotatable bonds is 3. The Hall–Kier alpha value is -0.380. The van der Waals surface area contributed by atoms with Gasteiger partial charge >= 0.3 is 0 Å². The van der Waals surface area contributed by atoms with Crippen molar-refractivity contribution in [3.8, 4) is 0 Å². The van der Waals surface area contributed by atoms with Gasteiger partial charge in [0.1, 0.15) is 0 Å². The monoisotopic (exact) mass is 224 g/mol. The maximum Gasteiger partial charge on any atom is 0.0248 e. The summed E-state index contributed by atoms with van der Waals surface area (Å²) < 4.78 is 0. The summed E-state index contributed by atoms with van der Waals surface area (Å²) >= 11 is 1.78. The van der Waals surface area contributed by atoms with Crippen LogP contribution in [-0.4, -0.2) is 23.5 Å². The summed E-state index contributed by atoms with van der Waals surface area (Å²) in [5.74, 6) is 0. The number of piperidine rings is 1. The average molecular weight is 224 g/mol. The number of nitrogens with two attached hydrogens (primary N) is 1. The third-order valence-corrected chi connectivity index (χ3v) is 3.97. The smallest absolute Gasteiger partial charge is 0.0248 e. The van der Waals surface area contributed by atoms with Crippen LogP contribution in [0.2, 0.25) is 0 Å². The lowest BCUT2D eigenvalue weighted by Crippen LogP contribution is -2.48. The van der Waals surface area contributed by atoms with Gasteiger partial charge in [0.25, 0.3) is 0 Å². The van der Waals surface area contributed by atoms with Gasteiger partial charge in [0, 0.05) is 18.6 Å². The molecule has 1 aromatic rings. The van der Waals surface area contributed by atoms with Crippen LogP contribution < -0.4 is 5.73 Å². The van der Waals surface area contributed by atoms with E-state index in [9.17, 15) is 0 Å². The Morgan fingerprint density at radius 3 is 3.13 bits per heavy atom. The fourth-order valence-electron chi connectivity index (χ4n) is 2.43. The molecule has 2 N–H and O–H groups in total. The number of thiophene rings is 1. The number of hydrogen-bond donors (Lipinski definition) is 1. The Balaban J connectivity index is 1.99. The highest BCUT2D eigenvalue weighted by Gasteiger charge is 2.25. The van der Waals surface area contributed by atoms with Crippen LogP contribution in [0.4, 0.5) is 0 Å². The first-order valence-corrected chi connectivity index (χ1v) is 6.72. The van der Waals surface area contributed by atoms with E-state index in [-0.39, 0.29) is 0 Å². The van der Waals surface area contributed by atoms with Crippen LogP contribution in [0.5, 0.6) is 0 Å². The second-order valence-corrected chi connectivity index (χ2v) is 5.30. The van der Waals surface area contributed by atoms with E-state index in [0.29, 0.717) is 12.1 Å². The molecule has 3 heteroatoms. The lowest BCUT2D eigenvalue weighted by molar-refractivity contribution is 0.123. The summed E-state index contributed by atoms with van der Waals surface area (Å²) in [6.07, 6.45) is 3.93. The van der Waals surface area contributed by atoms with Gasteiger partial charge in [-0.05, 0) is 48.7 Å². The Labute approximate surface area is 96.1 Å². The first-order chi connectivity index (χ1) is 7.27. The van der Waals surface area contributed by atoms with Gasteiger partial charge in [0.15, 0.2) is 0 Å². The van der Waals surface area contributed by atoms with Crippen molar-refractivity contribution < 1.29 is 0 Å². The van der Waals surface area contributed by atoms with Gasteiger partial charge in [-0.2, -0.15) is 11.3 Å². The molecule has 0 saturated carbocycles. The van der Waals surface area contributed by atoms with Gasteiger partial charge < -0.3 is 5.73 Å². The molecule has 0 radical (unpaired) electrons. The van der Waals surface area contributed by atoms with Crippen molar-refractivity contribution >= 4 is 11.3 Å². The van der Waals surface area contributed by atoms with Gasteiger partial charge in [-0.25, -0.2) is 0 Å². The van der Waals surface area contributed by atoms with Crippen LogP contribution in [-0.2, 0) is 6.54 Å². The van der Waals surface area contributed by atoms with E-state index in [1.165, 1.54) is 31.4 Å². The zero-order valence-electron chi connectivity index (χ0n) is 9.36. The van der Waals surface area contributed by atoms with E-state index in [0.717, 1.165) is 6.54 Å². The summed E-state index contributed by atoms with van der Waals surface area (Å²) in [5, 5.41) is 4.40. The van der Waals surface area contributed by atoms with E-state index in [1.54, 1.807) is 11.3 Å². The molecule has 1 fully saturated rings. The summed E-state index contributed by atoms with van der Waals surface area (Å²) in [4.78, 5) is 2.55. The fraction of sp³-hybridized carbons (Fsp3) is 0.667. The molecule has 2 nitrogen and oxygen atoms in total. The highest BCUT2D eigenvalue weighted by Crippen LogP contribution is 2.21. The largest absolute Gasteiger partial charge is 0.327 e. The predicted octanol–water partition coefficient (Wildman–Crippen LogP) is 2.45. The van der Waals surface area contributed by atoms with Crippen LogP contribution in [0, 0.1) is 0 Å². The minimum atomic E-state index is 0.295.